The van der Waals surface area contributed by atoms with Gasteiger partial charge in [0, 0.05) is 16.1 Å². The number of benzene rings is 2. The molecule has 1 saturated heterocycles. The van der Waals surface area contributed by atoms with Gasteiger partial charge in [-0.05, 0) is 43.1 Å². The van der Waals surface area contributed by atoms with Gasteiger partial charge >= 0.3 is 5.97 Å². The zero-order valence-corrected chi connectivity index (χ0v) is 17.7. The molecule has 0 aromatic heterocycles. The first-order valence-corrected chi connectivity index (χ1v) is 10.0. The van der Waals surface area contributed by atoms with E-state index in [0.717, 1.165) is 18.9 Å². The number of likely N-dealkylation sites (tertiary alicyclic amines) is 1. The molecular formula is C21H22BrF2NO4. The Kier molecular flexibility index (Phi) is 6.74. The Morgan fingerprint density at radius 1 is 1.14 bits per heavy atom. The van der Waals surface area contributed by atoms with Gasteiger partial charge in [0.15, 0.2) is 11.5 Å². The number of nitrogens with zero attached hydrogens (tertiary/aromatic N) is 1. The van der Waals surface area contributed by atoms with Crippen LogP contribution in [-0.2, 0) is 4.79 Å². The van der Waals surface area contributed by atoms with Gasteiger partial charge in [0.2, 0.25) is 0 Å². The molecule has 156 valence electrons. The number of hydrogen-bond acceptors (Lipinski definition) is 4. The average Bonchev–Trinajstić information content (AvgIpc) is 2.70. The molecule has 2 atom stereocenters. The van der Waals surface area contributed by atoms with Gasteiger partial charge in [-0.1, -0.05) is 28.4 Å². The van der Waals surface area contributed by atoms with Gasteiger partial charge in [0.25, 0.3) is 0 Å². The highest BCUT2D eigenvalue weighted by Gasteiger charge is 2.37. The number of piperidine rings is 1. The summed E-state index contributed by atoms with van der Waals surface area (Å²) >= 11 is 3.51. The lowest BCUT2D eigenvalue weighted by Crippen LogP contribution is -2.47. The Balaban J connectivity index is 2.22. The number of rotatable bonds is 6. The van der Waals surface area contributed by atoms with Crippen molar-refractivity contribution in [2.75, 3.05) is 20.8 Å². The summed E-state index contributed by atoms with van der Waals surface area (Å²) in [6.07, 6.45) is 2.02. The van der Waals surface area contributed by atoms with Crippen LogP contribution >= 0.6 is 15.9 Å². The van der Waals surface area contributed by atoms with E-state index in [1.165, 1.54) is 26.4 Å². The van der Waals surface area contributed by atoms with Crippen molar-refractivity contribution in [3.05, 3.63) is 57.6 Å². The fraction of sp³-hybridized carbons (Fsp3) is 0.381. The van der Waals surface area contributed by atoms with E-state index in [0.29, 0.717) is 34.5 Å². The molecule has 29 heavy (non-hydrogen) atoms. The van der Waals surface area contributed by atoms with Crippen LogP contribution in [0.1, 0.15) is 36.4 Å². The molecule has 8 heteroatoms. The second-order valence-electron chi connectivity index (χ2n) is 6.88. The summed E-state index contributed by atoms with van der Waals surface area (Å²) in [5, 5.41) is 9.77. The molecule has 0 radical (unpaired) electrons. The molecule has 1 N–H and O–H groups in total. The third-order valence-electron chi connectivity index (χ3n) is 5.22. The molecule has 1 aliphatic rings. The Morgan fingerprint density at radius 2 is 1.83 bits per heavy atom. The summed E-state index contributed by atoms with van der Waals surface area (Å²) in [5.74, 6) is -1.47. The minimum atomic E-state index is -0.964. The quantitative estimate of drug-likeness (QED) is 0.659. The van der Waals surface area contributed by atoms with Crippen LogP contribution in [0.2, 0.25) is 0 Å². The first-order chi connectivity index (χ1) is 13.9. The third-order valence-corrected chi connectivity index (χ3v) is 5.90. The maximum Gasteiger partial charge on any atom is 0.320 e. The highest BCUT2D eigenvalue weighted by atomic mass is 79.9. The van der Waals surface area contributed by atoms with Gasteiger partial charge in [-0.15, -0.1) is 0 Å². The molecule has 0 aliphatic carbocycles. The lowest BCUT2D eigenvalue weighted by molar-refractivity contribution is -0.145. The molecule has 1 heterocycles. The standard InChI is InChI=1S/C21H22BrF2NO4/c1-28-18-10-14(15(22)11-19(18)29-2)20(13-7-6-12(23)9-16(13)24)25-8-4-3-5-17(25)21(26)27/h6-7,9-11,17,20H,3-5,8H2,1-2H3,(H,26,27). The van der Waals surface area contributed by atoms with E-state index in [1.54, 1.807) is 17.0 Å². The topological polar surface area (TPSA) is 59.0 Å². The first kappa shape index (κ1) is 21.5. The van der Waals surface area contributed by atoms with Crippen molar-refractivity contribution in [3.63, 3.8) is 0 Å². The molecule has 0 saturated carbocycles. The zero-order chi connectivity index (χ0) is 21.1. The summed E-state index contributed by atoms with van der Waals surface area (Å²) in [6.45, 7) is 0.471. The van der Waals surface area contributed by atoms with Crippen LogP contribution in [0.5, 0.6) is 11.5 Å². The van der Waals surface area contributed by atoms with E-state index in [-0.39, 0.29) is 5.56 Å². The second-order valence-corrected chi connectivity index (χ2v) is 7.74. The van der Waals surface area contributed by atoms with Gasteiger partial charge in [-0.3, -0.25) is 9.69 Å². The number of carbonyl (C=O) groups is 1. The molecule has 0 amide bonds. The normalized spacial score (nSPS) is 18.3. The summed E-state index contributed by atoms with van der Waals surface area (Å²) in [7, 11) is 3.00. The minimum absolute atomic E-state index is 0.201. The fourth-order valence-electron chi connectivity index (χ4n) is 3.86. The van der Waals surface area contributed by atoms with E-state index in [9.17, 15) is 18.7 Å². The molecule has 0 spiro atoms. The highest BCUT2D eigenvalue weighted by Crippen LogP contribution is 2.43. The monoisotopic (exact) mass is 469 g/mol. The highest BCUT2D eigenvalue weighted by molar-refractivity contribution is 9.10. The number of carboxylic acids is 1. The van der Waals surface area contributed by atoms with Gasteiger partial charge in [-0.2, -0.15) is 0 Å². The van der Waals surface area contributed by atoms with Crippen molar-refractivity contribution >= 4 is 21.9 Å². The van der Waals surface area contributed by atoms with Crippen molar-refractivity contribution < 1.29 is 28.2 Å². The molecule has 5 nitrogen and oxygen atoms in total. The van der Waals surface area contributed by atoms with Crippen molar-refractivity contribution in [2.45, 2.75) is 31.3 Å². The van der Waals surface area contributed by atoms with Crippen molar-refractivity contribution in [2.24, 2.45) is 0 Å². The lowest BCUT2D eigenvalue weighted by atomic mass is 9.91. The largest absolute Gasteiger partial charge is 0.493 e. The molecule has 1 aliphatic heterocycles. The number of halogens is 3. The minimum Gasteiger partial charge on any atom is -0.493 e. The molecular weight excluding hydrogens is 448 g/mol. The van der Waals surface area contributed by atoms with Crippen molar-refractivity contribution in [1.29, 1.82) is 0 Å². The SMILES string of the molecule is COc1cc(Br)c(C(c2ccc(F)cc2F)N2CCCCC2C(=O)O)cc1OC. The van der Waals surface area contributed by atoms with Gasteiger partial charge in [0.1, 0.15) is 17.7 Å². The Labute approximate surface area is 176 Å². The smallest absolute Gasteiger partial charge is 0.320 e. The third kappa shape index (κ3) is 4.38. The van der Waals surface area contributed by atoms with Crippen LogP contribution < -0.4 is 9.47 Å². The molecule has 2 aromatic rings. The predicted molar refractivity (Wildman–Crippen MR) is 107 cm³/mol. The van der Waals surface area contributed by atoms with Crippen molar-refractivity contribution in [3.8, 4) is 11.5 Å². The van der Waals surface area contributed by atoms with E-state index >= 15 is 0 Å². The Hall–Kier alpha value is -2.19. The molecule has 0 bridgehead atoms. The van der Waals surface area contributed by atoms with Gasteiger partial charge < -0.3 is 14.6 Å². The molecule has 2 aromatic carbocycles. The number of methoxy groups -OCH3 is 2. The fourth-order valence-corrected chi connectivity index (χ4v) is 4.39. The molecule has 1 fully saturated rings. The van der Waals surface area contributed by atoms with E-state index in [1.807, 2.05) is 0 Å². The summed E-state index contributed by atoms with van der Waals surface area (Å²) in [4.78, 5) is 13.7. The zero-order valence-electron chi connectivity index (χ0n) is 16.1. The number of hydrogen-bond donors (Lipinski definition) is 1. The van der Waals surface area contributed by atoms with Gasteiger partial charge in [-0.25, -0.2) is 8.78 Å². The number of carboxylic acid groups (broad SMARTS) is 1. The van der Waals surface area contributed by atoms with Crippen LogP contribution in [0.15, 0.2) is 34.8 Å². The predicted octanol–water partition coefficient (Wildman–Crippen LogP) is 4.77. The first-order valence-electron chi connectivity index (χ1n) is 9.22. The lowest BCUT2D eigenvalue weighted by Gasteiger charge is -2.40. The summed E-state index contributed by atoms with van der Waals surface area (Å²) < 4.78 is 39.7. The maximum absolute atomic E-state index is 14.8. The van der Waals surface area contributed by atoms with Crippen LogP contribution in [-0.4, -0.2) is 42.8 Å². The summed E-state index contributed by atoms with van der Waals surface area (Å²) in [6, 6.07) is 5.23. The van der Waals surface area contributed by atoms with Crippen LogP contribution in [0.4, 0.5) is 8.78 Å². The molecule has 3 rings (SSSR count). The van der Waals surface area contributed by atoms with Crippen LogP contribution in [0.25, 0.3) is 0 Å². The van der Waals surface area contributed by atoms with Crippen LogP contribution in [0, 0.1) is 11.6 Å². The number of ether oxygens (including phenoxy) is 2. The van der Waals surface area contributed by atoms with Crippen molar-refractivity contribution in [1.82, 2.24) is 4.90 Å². The van der Waals surface area contributed by atoms with E-state index < -0.39 is 29.7 Å². The molecule has 2 unspecified atom stereocenters. The van der Waals surface area contributed by atoms with Gasteiger partial charge in [0.05, 0.1) is 20.3 Å². The second kappa shape index (κ2) is 9.09. The van der Waals surface area contributed by atoms with E-state index in [2.05, 4.69) is 15.9 Å². The average molecular weight is 470 g/mol. The Bertz CT molecular complexity index is 908. The number of aliphatic carboxylic acids is 1. The van der Waals surface area contributed by atoms with E-state index in [4.69, 9.17) is 9.47 Å². The maximum atomic E-state index is 14.8. The Morgan fingerprint density at radius 3 is 2.45 bits per heavy atom. The summed E-state index contributed by atoms with van der Waals surface area (Å²) in [5.41, 5.74) is 0.814. The van der Waals surface area contributed by atoms with Crippen LogP contribution in [0.3, 0.4) is 0 Å².